The Morgan fingerprint density at radius 2 is 1.80 bits per heavy atom. The molecule has 4 nitrogen and oxygen atoms in total. The molecule has 0 radical (unpaired) electrons. The van der Waals surface area contributed by atoms with Gasteiger partial charge in [-0.05, 0) is 34.1 Å². The van der Waals surface area contributed by atoms with Crippen molar-refractivity contribution < 1.29 is 8.42 Å². The van der Waals surface area contributed by atoms with Crippen molar-refractivity contribution in [1.82, 2.24) is 4.83 Å². The molecular formula is C13H10BrClN2O2S. The van der Waals surface area contributed by atoms with Crippen molar-refractivity contribution in [2.75, 3.05) is 0 Å². The Morgan fingerprint density at radius 1 is 1.10 bits per heavy atom. The van der Waals surface area contributed by atoms with Crippen molar-refractivity contribution in [3.63, 3.8) is 0 Å². The summed E-state index contributed by atoms with van der Waals surface area (Å²) in [6, 6.07) is 13.2. The molecule has 0 bridgehead atoms. The maximum Gasteiger partial charge on any atom is 0.276 e. The minimum Gasteiger partial charge on any atom is -0.200 e. The highest BCUT2D eigenvalue weighted by atomic mass is 79.9. The summed E-state index contributed by atoms with van der Waals surface area (Å²) < 4.78 is 24.5. The minimum absolute atomic E-state index is 0.155. The third-order valence-corrected chi connectivity index (χ3v) is 5.08. The van der Waals surface area contributed by atoms with Crippen LogP contribution in [0.2, 0.25) is 5.02 Å². The first-order valence-corrected chi connectivity index (χ1v) is 8.20. The number of hydrogen-bond acceptors (Lipinski definition) is 3. The quantitative estimate of drug-likeness (QED) is 0.659. The predicted octanol–water partition coefficient (Wildman–Crippen LogP) is 3.41. The summed E-state index contributed by atoms with van der Waals surface area (Å²) in [6.07, 6.45) is 1.39. The fraction of sp³-hybridized carbons (Fsp3) is 0. The highest BCUT2D eigenvalue weighted by Crippen LogP contribution is 2.24. The van der Waals surface area contributed by atoms with E-state index in [0.29, 0.717) is 15.1 Å². The first-order valence-electron chi connectivity index (χ1n) is 5.54. The molecule has 0 aliphatic carbocycles. The van der Waals surface area contributed by atoms with Crippen LogP contribution in [0.15, 0.2) is 63.0 Å². The number of rotatable bonds is 4. The van der Waals surface area contributed by atoms with Gasteiger partial charge in [-0.1, -0.05) is 41.9 Å². The maximum atomic E-state index is 11.9. The summed E-state index contributed by atoms with van der Waals surface area (Å²) in [4.78, 5) is 2.30. The summed E-state index contributed by atoms with van der Waals surface area (Å²) in [6.45, 7) is 0. The van der Waals surface area contributed by atoms with Gasteiger partial charge in [-0.15, -0.1) is 0 Å². The van der Waals surface area contributed by atoms with Crippen LogP contribution in [0.3, 0.4) is 0 Å². The average Bonchev–Trinajstić information content (AvgIpc) is 2.44. The summed E-state index contributed by atoms with van der Waals surface area (Å²) in [5, 5.41) is 4.27. The van der Waals surface area contributed by atoms with E-state index in [0.717, 1.165) is 0 Å². The molecule has 0 atom stereocenters. The van der Waals surface area contributed by atoms with Crippen molar-refractivity contribution in [2.45, 2.75) is 4.90 Å². The Morgan fingerprint density at radius 3 is 2.50 bits per heavy atom. The van der Waals surface area contributed by atoms with E-state index in [2.05, 4.69) is 25.9 Å². The molecule has 7 heteroatoms. The van der Waals surface area contributed by atoms with Gasteiger partial charge in [0.15, 0.2) is 0 Å². The molecule has 20 heavy (non-hydrogen) atoms. The molecule has 0 saturated carbocycles. The van der Waals surface area contributed by atoms with E-state index in [4.69, 9.17) is 11.6 Å². The monoisotopic (exact) mass is 372 g/mol. The first kappa shape index (κ1) is 15.0. The zero-order chi connectivity index (χ0) is 14.6. The largest absolute Gasteiger partial charge is 0.276 e. The number of hydrazone groups is 1. The fourth-order valence-corrected chi connectivity index (χ4v) is 2.80. The van der Waals surface area contributed by atoms with Crippen molar-refractivity contribution in [2.24, 2.45) is 5.10 Å². The predicted molar refractivity (Wildman–Crippen MR) is 83.5 cm³/mol. The lowest BCUT2D eigenvalue weighted by Crippen LogP contribution is -2.18. The van der Waals surface area contributed by atoms with Gasteiger partial charge in [-0.2, -0.15) is 13.5 Å². The number of benzene rings is 2. The van der Waals surface area contributed by atoms with E-state index in [-0.39, 0.29) is 4.90 Å². The van der Waals surface area contributed by atoms with E-state index in [1.54, 1.807) is 36.4 Å². The van der Waals surface area contributed by atoms with Crippen LogP contribution in [-0.4, -0.2) is 14.6 Å². The smallest absolute Gasteiger partial charge is 0.200 e. The van der Waals surface area contributed by atoms with Crippen molar-refractivity contribution in [3.8, 4) is 0 Å². The second-order valence-electron chi connectivity index (χ2n) is 3.81. The molecule has 0 fully saturated rings. The normalized spacial score (nSPS) is 11.7. The first-order chi connectivity index (χ1) is 9.50. The third kappa shape index (κ3) is 3.59. The molecular weight excluding hydrogens is 364 g/mol. The molecule has 1 N–H and O–H groups in total. The fourth-order valence-electron chi connectivity index (χ4n) is 1.44. The topological polar surface area (TPSA) is 58.5 Å². The van der Waals surface area contributed by atoms with Crippen LogP contribution in [0.5, 0.6) is 0 Å². The van der Waals surface area contributed by atoms with Crippen LogP contribution in [0.1, 0.15) is 5.56 Å². The van der Waals surface area contributed by atoms with Gasteiger partial charge in [0, 0.05) is 10.0 Å². The van der Waals surface area contributed by atoms with Gasteiger partial charge in [0.2, 0.25) is 0 Å². The van der Waals surface area contributed by atoms with Crippen molar-refractivity contribution in [3.05, 3.63) is 63.6 Å². The number of sulfonamides is 1. The van der Waals surface area contributed by atoms with Crippen molar-refractivity contribution in [1.29, 1.82) is 0 Å². The number of nitrogens with zero attached hydrogens (tertiary/aromatic N) is 1. The molecule has 0 spiro atoms. The van der Waals surface area contributed by atoms with E-state index in [1.807, 2.05) is 0 Å². The molecule has 2 aromatic carbocycles. The molecule has 0 aliphatic rings. The Bertz CT molecular complexity index is 733. The van der Waals surface area contributed by atoms with E-state index in [1.165, 1.54) is 18.3 Å². The van der Waals surface area contributed by atoms with Gasteiger partial charge < -0.3 is 0 Å². The average molecular weight is 374 g/mol. The molecule has 0 unspecified atom stereocenters. The van der Waals surface area contributed by atoms with Gasteiger partial charge in [-0.3, -0.25) is 0 Å². The summed E-state index contributed by atoms with van der Waals surface area (Å²) in [5.74, 6) is 0. The summed E-state index contributed by atoms with van der Waals surface area (Å²) in [7, 11) is -3.65. The SMILES string of the molecule is O=S(=O)(NN=Cc1cccc(Cl)c1Br)c1ccccc1. The van der Waals surface area contributed by atoms with Crippen LogP contribution >= 0.6 is 27.5 Å². The lowest BCUT2D eigenvalue weighted by molar-refractivity contribution is 0.584. The molecule has 0 saturated heterocycles. The van der Waals surface area contributed by atoms with Crippen LogP contribution in [0.4, 0.5) is 0 Å². The Labute approximate surface area is 130 Å². The standard InChI is InChI=1S/C13H10BrClN2O2S/c14-13-10(5-4-8-12(13)15)9-16-17-20(18,19)11-6-2-1-3-7-11/h1-9,17H. The molecule has 0 aromatic heterocycles. The molecule has 0 heterocycles. The molecule has 2 rings (SSSR count). The van der Waals surface area contributed by atoms with E-state index in [9.17, 15) is 8.42 Å². The van der Waals surface area contributed by atoms with E-state index >= 15 is 0 Å². The van der Waals surface area contributed by atoms with Crippen molar-refractivity contribution >= 4 is 43.8 Å². The van der Waals surface area contributed by atoms with Gasteiger partial charge in [-0.25, -0.2) is 4.83 Å². The highest BCUT2D eigenvalue weighted by molar-refractivity contribution is 9.10. The number of nitrogens with one attached hydrogen (secondary N) is 1. The lowest BCUT2D eigenvalue weighted by Gasteiger charge is -2.03. The second-order valence-corrected chi connectivity index (χ2v) is 6.67. The second kappa shape index (κ2) is 6.39. The minimum atomic E-state index is -3.65. The molecule has 0 aliphatic heterocycles. The zero-order valence-electron chi connectivity index (χ0n) is 10.1. The van der Waals surface area contributed by atoms with Gasteiger partial charge in [0.25, 0.3) is 10.0 Å². The Balaban J connectivity index is 2.16. The van der Waals surface area contributed by atoms with Crippen LogP contribution in [0.25, 0.3) is 0 Å². The number of halogens is 2. The molecule has 104 valence electrons. The van der Waals surface area contributed by atoms with Gasteiger partial charge in [0.1, 0.15) is 0 Å². The number of hydrogen-bond donors (Lipinski definition) is 1. The Hall–Kier alpha value is -1.37. The highest BCUT2D eigenvalue weighted by Gasteiger charge is 2.11. The molecule has 2 aromatic rings. The summed E-state index contributed by atoms with van der Waals surface area (Å²) >= 11 is 9.24. The third-order valence-electron chi connectivity index (χ3n) is 2.41. The lowest BCUT2D eigenvalue weighted by atomic mass is 10.2. The summed E-state index contributed by atoms with van der Waals surface area (Å²) in [5.41, 5.74) is 0.674. The van der Waals surface area contributed by atoms with Crippen LogP contribution in [0, 0.1) is 0 Å². The van der Waals surface area contributed by atoms with Gasteiger partial charge in [0.05, 0.1) is 16.1 Å². The zero-order valence-corrected chi connectivity index (χ0v) is 13.3. The molecule has 0 amide bonds. The maximum absolute atomic E-state index is 11.9. The van der Waals surface area contributed by atoms with E-state index < -0.39 is 10.0 Å². The van der Waals surface area contributed by atoms with Gasteiger partial charge >= 0.3 is 0 Å². The Kier molecular flexibility index (Phi) is 4.80. The van der Waals surface area contributed by atoms with Crippen LogP contribution in [-0.2, 0) is 10.0 Å². The van der Waals surface area contributed by atoms with Crippen LogP contribution < -0.4 is 4.83 Å².